The van der Waals surface area contributed by atoms with Crippen molar-refractivity contribution in [3.8, 4) is 0 Å². The van der Waals surface area contributed by atoms with Crippen LogP contribution in [0.1, 0.15) is 5.56 Å². The first-order chi connectivity index (χ1) is 10.5. The Morgan fingerprint density at radius 1 is 1.23 bits per heavy atom. The van der Waals surface area contributed by atoms with Crippen molar-refractivity contribution in [2.75, 3.05) is 19.6 Å². The van der Waals surface area contributed by atoms with Gasteiger partial charge in [-0.05, 0) is 5.56 Å². The molecule has 0 fully saturated rings. The van der Waals surface area contributed by atoms with Crippen molar-refractivity contribution in [1.82, 2.24) is 10.6 Å². The lowest BCUT2D eigenvalue weighted by molar-refractivity contribution is -0.384. The Kier molecular flexibility index (Phi) is 6.93. The van der Waals surface area contributed by atoms with Crippen molar-refractivity contribution in [2.24, 2.45) is 11.5 Å². The van der Waals surface area contributed by atoms with Gasteiger partial charge in [-0.1, -0.05) is 12.1 Å². The van der Waals surface area contributed by atoms with Crippen LogP contribution in [0, 0.1) is 10.1 Å². The topological polar surface area (TPSA) is 153 Å². The molecule has 0 aliphatic rings. The van der Waals surface area contributed by atoms with Crippen LogP contribution in [0.2, 0.25) is 0 Å². The minimum Gasteiger partial charge on any atom is -0.353 e. The second-order valence-electron chi connectivity index (χ2n) is 4.53. The smallest absolute Gasteiger partial charge is 0.269 e. The SMILES string of the molecule is NCCNC(=O)[C@H](Cc1ccc([N+](=O)[O-])cc1)NC(=O)CN. The van der Waals surface area contributed by atoms with Crippen LogP contribution in [-0.4, -0.2) is 42.4 Å². The van der Waals surface area contributed by atoms with Crippen LogP contribution in [0.5, 0.6) is 0 Å². The van der Waals surface area contributed by atoms with E-state index in [1.165, 1.54) is 24.3 Å². The first-order valence-corrected chi connectivity index (χ1v) is 6.68. The maximum atomic E-state index is 12.0. The van der Waals surface area contributed by atoms with E-state index in [-0.39, 0.29) is 37.6 Å². The molecule has 1 aromatic carbocycles. The van der Waals surface area contributed by atoms with Crippen LogP contribution in [0.4, 0.5) is 5.69 Å². The quantitative estimate of drug-likeness (QED) is 0.344. The molecule has 9 heteroatoms. The summed E-state index contributed by atoms with van der Waals surface area (Å²) in [5.74, 6) is -0.847. The third kappa shape index (κ3) is 5.46. The number of carbonyl (C=O) groups excluding carboxylic acids is 2. The first-order valence-electron chi connectivity index (χ1n) is 6.68. The third-order valence-electron chi connectivity index (χ3n) is 2.87. The number of nitro benzene ring substituents is 1. The number of carbonyl (C=O) groups is 2. The molecule has 1 atom stereocenters. The predicted molar refractivity (Wildman–Crippen MR) is 79.8 cm³/mol. The molecule has 1 rings (SSSR count). The van der Waals surface area contributed by atoms with Crippen molar-refractivity contribution < 1.29 is 14.5 Å². The largest absolute Gasteiger partial charge is 0.353 e. The molecule has 22 heavy (non-hydrogen) atoms. The van der Waals surface area contributed by atoms with Crippen molar-refractivity contribution in [3.63, 3.8) is 0 Å². The molecule has 0 bridgehead atoms. The fraction of sp³-hybridized carbons (Fsp3) is 0.385. The fourth-order valence-corrected chi connectivity index (χ4v) is 1.77. The highest BCUT2D eigenvalue weighted by Gasteiger charge is 2.20. The average molecular weight is 309 g/mol. The van der Waals surface area contributed by atoms with Gasteiger partial charge in [0, 0.05) is 31.6 Å². The molecule has 9 nitrogen and oxygen atoms in total. The van der Waals surface area contributed by atoms with Crippen LogP contribution in [0.25, 0.3) is 0 Å². The number of nitro groups is 1. The van der Waals surface area contributed by atoms with E-state index in [0.717, 1.165) is 0 Å². The highest BCUT2D eigenvalue weighted by molar-refractivity contribution is 5.88. The number of nitrogens with zero attached hydrogens (tertiary/aromatic N) is 1. The Balaban J connectivity index is 2.79. The lowest BCUT2D eigenvalue weighted by atomic mass is 10.0. The zero-order valence-electron chi connectivity index (χ0n) is 12.0. The molecule has 0 unspecified atom stereocenters. The molecule has 6 N–H and O–H groups in total. The molecular formula is C13H19N5O4. The number of benzene rings is 1. The Morgan fingerprint density at radius 3 is 2.36 bits per heavy atom. The van der Waals surface area contributed by atoms with Crippen LogP contribution < -0.4 is 22.1 Å². The third-order valence-corrected chi connectivity index (χ3v) is 2.87. The summed E-state index contributed by atoms with van der Waals surface area (Å²) in [5, 5.41) is 15.7. The maximum absolute atomic E-state index is 12.0. The van der Waals surface area contributed by atoms with Crippen molar-refractivity contribution >= 4 is 17.5 Å². The van der Waals surface area contributed by atoms with Gasteiger partial charge in [-0.2, -0.15) is 0 Å². The number of hydrogen-bond donors (Lipinski definition) is 4. The number of nitrogens with two attached hydrogens (primary N) is 2. The molecule has 0 saturated carbocycles. The molecule has 0 spiro atoms. The molecular weight excluding hydrogens is 290 g/mol. The second-order valence-corrected chi connectivity index (χ2v) is 4.53. The van der Waals surface area contributed by atoms with E-state index in [2.05, 4.69) is 10.6 Å². The van der Waals surface area contributed by atoms with Crippen LogP contribution >= 0.6 is 0 Å². The van der Waals surface area contributed by atoms with Gasteiger partial charge in [-0.15, -0.1) is 0 Å². The highest BCUT2D eigenvalue weighted by Crippen LogP contribution is 2.13. The van der Waals surface area contributed by atoms with Gasteiger partial charge in [0.15, 0.2) is 0 Å². The summed E-state index contributed by atoms with van der Waals surface area (Å²) in [5.41, 5.74) is 11.2. The standard InChI is InChI=1S/C13H19N5O4/c14-5-6-16-13(20)11(17-12(19)8-15)7-9-1-3-10(4-2-9)18(21)22/h1-4,11H,5-8,14-15H2,(H,16,20)(H,17,19)/t11-/m0/s1. The number of non-ortho nitro benzene ring substituents is 1. The predicted octanol–water partition coefficient (Wildman–Crippen LogP) is -1.34. The van der Waals surface area contributed by atoms with Crippen LogP contribution in [0.15, 0.2) is 24.3 Å². The summed E-state index contributed by atoms with van der Waals surface area (Å²) in [4.78, 5) is 33.5. The van der Waals surface area contributed by atoms with E-state index in [0.29, 0.717) is 5.56 Å². The van der Waals surface area contributed by atoms with Gasteiger partial charge >= 0.3 is 0 Å². The van der Waals surface area contributed by atoms with Crippen LogP contribution in [0.3, 0.4) is 0 Å². The van der Waals surface area contributed by atoms with E-state index in [1.807, 2.05) is 0 Å². The Hall–Kier alpha value is -2.52. The van der Waals surface area contributed by atoms with Gasteiger partial charge in [0.05, 0.1) is 11.5 Å². The average Bonchev–Trinajstić information content (AvgIpc) is 2.52. The van der Waals surface area contributed by atoms with E-state index < -0.39 is 16.9 Å². The molecule has 2 amide bonds. The zero-order valence-corrected chi connectivity index (χ0v) is 12.0. The lowest BCUT2D eigenvalue weighted by Gasteiger charge is -2.18. The normalized spacial score (nSPS) is 11.5. The van der Waals surface area contributed by atoms with Gasteiger partial charge in [-0.3, -0.25) is 19.7 Å². The number of hydrogen-bond acceptors (Lipinski definition) is 6. The second kappa shape index (κ2) is 8.70. The molecule has 0 saturated heterocycles. The molecule has 0 aliphatic carbocycles. The number of nitrogens with one attached hydrogen (secondary N) is 2. The number of amides is 2. The Bertz CT molecular complexity index is 532. The summed E-state index contributed by atoms with van der Waals surface area (Å²) >= 11 is 0. The lowest BCUT2D eigenvalue weighted by Crippen LogP contribution is -2.50. The fourth-order valence-electron chi connectivity index (χ4n) is 1.77. The van der Waals surface area contributed by atoms with E-state index in [4.69, 9.17) is 11.5 Å². The molecule has 0 aromatic heterocycles. The van der Waals surface area contributed by atoms with Crippen LogP contribution in [-0.2, 0) is 16.0 Å². The van der Waals surface area contributed by atoms with Gasteiger partial charge in [0.1, 0.15) is 6.04 Å². The van der Waals surface area contributed by atoms with E-state index >= 15 is 0 Å². The molecule has 120 valence electrons. The van der Waals surface area contributed by atoms with E-state index in [1.54, 1.807) is 0 Å². The van der Waals surface area contributed by atoms with Gasteiger partial charge in [-0.25, -0.2) is 0 Å². The summed E-state index contributed by atoms with van der Waals surface area (Å²) in [7, 11) is 0. The maximum Gasteiger partial charge on any atom is 0.269 e. The van der Waals surface area contributed by atoms with Gasteiger partial charge in [0.25, 0.3) is 5.69 Å². The van der Waals surface area contributed by atoms with Gasteiger partial charge in [0.2, 0.25) is 11.8 Å². The van der Waals surface area contributed by atoms with Crippen molar-refractivity contribution in [3.05, 3.63) is 39.9 Å². The molecule has 0 aliphatic heterocycles. The summed E-state index contributed by atoms with van der Waals surface area (Å²) in [6.45, 7) is 0.329. The summed E-state index contributed by atoms with van der Waals surface area (Å²) in [6, 6.07) is 4.94. The van der Waals surface area contributed by atoms with E-state index in [9.17, 15) is 19.7 Å². The minimum absolute atomic E-state index is 0.0427. The Labute approximate surface area is 127 Å². The summed E-state index contributed by atoms with van der Waals surface area (Å²) < 4.78 is 0. The van der Waals surface area contributed by atoms with Crippen molar-refractivity contribution in [2.45, 2.75) is 12.5 Å². The zero-order chi connectivity index (χ0) is 16.5. The minimum atomic E-state index is -0.816. The number of rotatable bonds is 8. The first kappa shape index (κ1) is 17.5. The Morgan fingerprint density at radius 2 is 1.86 bits per heavy atom. The highest BCUT2D eigenvalue weighted by atomic mass is 16.6. The summed E-state index contributed by atoms with van der Waals surface area (Å²) in [6.07, 6.45) is 0.195. The van der Waals surface area contributed by atoms with Gasteiger partial charge < -0.3 is 22.1 Å². The van der Waals surface area contributed by atoms with Crippen molar-refractivity contribution in [1.29, 1.82) is 0 Å². The monoisotopic (exact) mass is 309 g/mol. The molecule has 0 radical (unpaired) electrons. The molecule has 0 heterocycles. The molecule has 1 aromatic rings.